The zero-order valence-electron chi connectivity index (χ0n) is 8.82. The van der Waals surface area contributed by atoms with E-state index in [9.17, 15) is 26.7 Å². The highest BCUT2D eigenvalue weighted by molar-refractivity contribution is 6.32. The highest BCUT2D eigenvalue weighted by atomic mass is 35.5. The molecule has 0 heterocycles. The van der Waals surface area contributed by atoms with Crippen LogP contribution in [0.25, 0.3) is 0 Å². The standard InChI is InChI=1S/C10H6ClF5O2/c1-4(17)7-5(10(14,15)16)2-3-6(11)8(7)18-9(12)13/h2-3,9H,1H3. The fraction of sp³-hybridized carbons (Fsp3) is 0.300. The van der Waals surface area contributed by atoms with Crippen LogP contribution >= 0.6 is 11.6 Å². The summed E-state index contributed by atoms with van der Waals surface area (Å²) in [6.07, 6.45) is -4.87. The summed E-state index contributed by atoms with van der Waals surface area (Å²) in [6.45, 7) is -2.58. The zero-order chi connectivity index (χ0) is 14.1. The molecule has 0 N–H and O–H groups in total. The first-order chi connectivity index (χ1) is 8.14. The summed E-state index contributed by atoms with van der Waals surface area (Å²) in [4.78, 5) is 11.2. The first-order valence-electron chi connectivity index (χ1n) is 4.50. The van der Waals surface area contributed by atoms with Crippen molar-refractivity contribution in [3.63, 3.8) is 0 Å². The van der Waals surface area contributed by atoms with Gasteiger partial charge in [-0.3, -0.25) is 4.79 Å². The Morgan fingerprint density at radius 1 is 1.33 bits per heavy atom. The maximum absolute atomic E-state index is 12.6. The molecule has 1 aromatic carbocycles. The van der Waals surface area contributed by atoms with Crippen LogP contribution in [0.1, 0.15) is 22.8 Å². The second-order valence-corrected chi connectivity index (χ2v) is 3.64. The SMILES string of the molecule is CC(=O)c1c(C(F)(F)F)ccc(Cl)c1OC(F)F. The summed E-state index contributed by atoms with van der Waals surface area (Å²) < 4.78 is 65.9. The van der Waals surface area contributed by atoms with E-state index in [0.717, 1.165) is 13.0 Å². The number of hydrogen-bond acceptors (Lipinski definition) is 2. The Morgan fingerprint density at radius 2 is 1.89 bits per heavy atom. The molecule has 0 spiro atoms. The van der Waals surface area contributed by atoms with Crippen molar-refractivity contribution < 1.29 is 31.5 Å². The van der Waals surface area contributed by atoms with Gasteiger partial charge in [-0.05, 0) is 19.1 Å². The van der Waals surface area contributed by atoms with Crippen LogP contribution in [-0.2, 0) is 6.18 Å². The van der Waals surface area contributed by atoms with Gasteiger partial charge in [0.15, 0.2) is 11.5 Å². The zero-order valence-corrected chi connectivity index (χ0v) is 9.57. The van der Waals surface area contributed by atoms with E-state index < -0.39 is 40.5 Å². The number of halogens is 6. The fourth-order valence-electron chi connectivity index (χ4n) is 1.35. The quantitative estimate of drug-likeness (QED) is 0.616. The van der Waals surface area contributed by atoms with Gasteiger partial charge in [0.25, 0.3) is 0 Å². The van der Waals surface area contributed by atoms with E-state index in [0.29, 0.717) is 6.07 Å². The minimum Gasteiger partial charge on any atom is -0.432 e. The maximum atomic E-state index is 12.6. The number of ketones is 1. The Hall–Kier alpha value is -1.37. The van der Waals surface area contributed by atoms with Crippen LogP contribution in [0, 0.1) is 0 Å². The molecule has 1 aromatic rings. The fourth-order valence-corrected chi connectivity index (χ4v) is 1.55. The van der Waals surface area contributed by atoms with Crippen molar-refractivity contribution >= 4 is 17.4 Å². The molecule has 0 saturated heterocycles. The summed E-state index contributed by atoms with van der Waals surface area (Å²) >= 11 is 5.46. The van der Waals surface area contributed by atoms with Gasteiger partial charge in [-0.25, -0.2) is 0 Å². The first-order valence-corrected chi connectivity index (χ1v) is 4.87. The summed E-state index contributed by atoms with van der Waals surface area (Å²) in [5.74, 6) is -2.03. The lowest BCUT2D eigenvalue weighted by Gasteiger charge is -2.16. The Kier molecular flexibility index (Phi) is 4.16. The van der Waals surface area contributed by atoms with Crippen molar-refractivity contribution in [1.29, 1.82) is 0 Å². The summed E-state index contributed by atoms with van der Waals surface area (Å²) in [5.41, 5.74) is -2.37. The van der Waals surface area contributed by atoms with Gasteiger partial charge < -0.3 is 4.74 Å². The Morgan fingerprint density at radius 3 is 2.28 bits per heavy atom. The van der Waals surface area contributed by atoms with E-state index in [1.807, 2.05) is 0 Å². The normalized spacial score (nSPS) is 11.8. The van der Waals surface area contributed by atoms with Crippen LogP contribution in [0.4, 0.5) is 22.0 Å². The molecule has 0 fully saturated rings. The molecule has 0 bridgehead atoms. The average molecular weight is 289 g/mol. The summed E-state index contributed by atoms with van der Waals surface area (Å²) in [5, 5.41) is -0.492. The smallest absolute Gasteiger partial charge is 0.417 e. The third-order valence-electron chi connectivity index (χ3n) is 1.97. The van der Waals surface area contributed by atoms with Crippen LogP contribution < -0.4 is 4.74 Å². The molecular formula is C10H6ClF5O2. The monoisotopic (exact) mass is 288 g/mol. The number of alkyl halides is 5. The molecule has 0 aliphatic rings. The molecule has 0 aliphatic carbocycles. The first kappa shape index (κ1) is 14.7. The van der Waals surface area contributed by atoms with Crippen molar-refractivity contribution in [3.8, 4) is 5.75 Å². The van der Waals surface area contributed by atoms with E-state index in [2.05, 4.69) is 4.74 Å². The molecule has 0 amide bonds. The van der Waals surface area contributed by atoms with Gasteiger partial charge in [0.05, 0.1) is 16.1 Å². The number of carbonyl (C=O) groups is 1. The third kappa shape index (κ3) is 3.10. The highest BCUT2D eigenvalue weighted by Gasteiger charge is 2.37. The maximum Gasteiger partial charge on any atom is 0.417 e. The van der Waals surface area contributed by atoms with E-state index in [4.69, 9.17) is 11.6 Å². The molecule has 0 atom stereocenters. The van der Waals surface area contributed by atoms with Crippen molar-refractivity contribution in [2.24, 2.45) is 0 Å². The van der Waals surface area contributed by atoms with Crippen molar-refractivity contribution in [2.45, 2.75) is 19.7 Å². The lowest BCUT2D eigenvalue weighted by molar-refractivity contribution is -0.138. The van der Waals surface area contributed by atoms with Gasteiger partial charge in [0.1, 0.15) is 0 Å². The number of carbonyl (C=O) groups excluding carboxylic acids is 1. The molecule has 0 radical (unpaired) electrons. The molecule has 0 aliphatic heterocycles. The lowest BCUT2D eigenvalue weighted by Crippen LogP contribution is -2.15. The second kappa shape index (κ2) is 5.09. The highest BCUT2D eigenvalue weighted by Crippen LogP contribution is 2.40. The summed E-state index contributed by atoms with van der Waals surface area (Å²) in [6, 6.07) is 1.28. The molecule has 18 heavy (non-hydrogen) atoms. The van der Waals surface area contributed by atoms with Gasteiger partial charge in [0.2, 0.25) is 0 Å². The number of hydrogen-bond donors (Lipinski definition) is 0. The van der Waals surface area contributed by atoms with E-state index in [-0.39, 0.29) is 0 Å². The predicted molar refractivity (Wildman–Crippen MR) is 53.1 cm³/mol. The molecule has 0 aromatic heterocycles. The van der Waals surface area contributed by atoms with Crippen LogP contribution in [-0.4, -0.2) is 12.4 Å². The molecule has 1 rings (SSSR count). The average Bonchev–Trinajstić information content (AvgIpc) is 2.17. The molecular weight excluding hydrogens is 283 g/mol. The van der Waals surface area contributed by atoms with Gasteiger partial charge in [-0.15, -0.1) is 0 Å². The molecule has 8 heteroatoms. The van der Waals surface area contributed by atoms with Crippen LogP contribution in [0.2, 0.25) is 5.02 Å². The number of rotatable bonds is 3. The predicted octanol–water partition coefficient (Wildman–Crippen LogP) is 4.16. The Bertz CT molecular complexity index is 470. The Balaban J connectivity index is 3.53. The van der Waals surface area contributed by atoms with E-state index in [1.54, 1.807) is 0 Å². The van der Waals surface area contributed by atoms with Gasteiger partial charge in [0, 0.05) is 0 Å². The van der Waals surface area contributed by atoms with Gasteiger partial charge in [-0.1, -0.05) is 11.6 Å². The van der Waals surface area contributed by atoms with Gasteiger partial charge >= 0.3 is 12.8 Å². The lowest BCUT2D eigenvalue weighted by atomic mass is 10.0. The number of benzene rings is 1. The summed E-state index contributed by atoms with van der Waals surface area (Å²) in [7, 11) is 0. The van der Waals surface area contributed by atoms with Crippen LogP contribution in [0.3, 0.4) is 0 Å². The van der Waals surface area contributed by atoms with Crippen LogP contribution in [0.15, 0.2) is 12.1 Å². The number of ether oxygens (including phenoxy) is 1. The second-order valence-electron chi connectivity index (χ2n) is 3.23. The largest absolute Gasteiger partial charge is 0.432 e. The minimum atomic E-state index is -4.87. The van der Waals surface area contributed by atoms with E-state index >= 15 is 0 Å². The minimum absolute atomic E-state index is 0.492. The number of Topliss-reactive ketones (excluding diaryl/α,β-unsaturated/α-hetero) is 1. The van der Waals surface area contributed by atoms with Crippen LogP contribution in [0.5, 0.6) is 5.75 Å². The molecule has 2 nitrogen and oxygen atoms in total. The Labute approximate surface area is 103 Å². The van der Waals surface area contributed by atoms with E-state index in [1.165, 1.54) is 0 Å². The van der Waals surface area contributed by atoms with Gasteiger partial charge in [-0.2, -0.15) is 22.0 Å². The van der Waals surface area contributed by atoms with Crippen molar-refractivity contribution in [3.05, 3.63) is 28.3 Å². The topological polar surface area (TPSA) is 26.3 Å². The van der Waals surface area contributed by atoms with Crippen molar-refractivity contribution in [2.75, 3.05) is 0 Å². The third-order valence-corrected chi connectivity index (χ3v) is 2.27. The van der Waals surface area contributed by atoms with Crippen molar-refractivity contribution in [1.82, 2.24) is 0 Å². The molecule has 0 unspecified atom stereocenters. The molecule has 100 valence electrons. The molecule has 0 saturated carbocycles.